The Balaban J connectivity index is 2.49. The highest BCUT2D eigenvalue weighted by Crippen LogP contribution is 2.29. The van der Waals surface area contributed by atoms with Crippen molar-refractivity contribution in [3.05, 3.63) is 53.1 Å². The van der Waals surface area contributed by atoms with E-state index in [-0.39, 0.29) is 6.07 Å². The van der Waals surface area contributed by atoms with Crippen molar-refractivity contribution in [2.45, 2.75) is 6.92 Å². The van der Waals surface area contributed by atoms with Gasteiger partial charge in [0.15, 0.2) is 23.3 Å². The minimum absolute atomic E-state index is 0.158. The maximum atomic E-state index is 13.5. The van der Waals surface area contributed by atoms with Gasteiger partial charge in [-0.05, 0) is 30.7 Å². The van der Waals surface area contributed by atoms with E-state index in [1.54, 1.807) is 13.0 Å². The first kappa shape index (κ1) is 13.2. The van der Waals surface area contributed by atoms with Gasteiger partial charge in [0, 0.05) is 17.4 Å². The Morgan fingerprint density at radius 3 is 2.05 bits per heavy atom. The number of nitrogens with one attached hydrogen (secondary N) is 1. The van der Waals surface area contributed by atoms with Crippen LogP contribution in [0.1, 0.15) is 5.56 Å². The maximum Gasteiger partial charge on any atom is 0.185 e. The molecule has 2 aromatic carbocycles. The minimum Gasteiger partial charge on any atom is -0.399 e. The average Bonchev–Trinajstić information content (AvgIpc) is 2.34. The smallest absolute Gasteiger partial charge is 0.185 e. The van der Waals surface area contributed by atoms with Gasteiger partial charge in [0.05, 0.1) is 0 Å². The van der Waals surface area contributed by atoms with Gasteiger partial charge in [-0.25, -0.2) is 17.6 Å². The second-order valence-electron chi connectivity index (χ2n) is 4.04. The fraction of sp³-hybridized carbons (Fsp3) is 0.0769. The number of halogens is 4. The van der Waals surface area contributed by atoms with E-state index in [1.807, 2.05) is 0 Å². The molecule has 0 fully saturated rings. The van der Waals surface area contributed by atoms with Gasteiger partial charge < -0.3 is 11.1 Å². The van der Waals surface area contributed by atoms with Crippen molar-refractivity contribution in [1.82, 2.24) is 0 Å². The Kier molecular flexibility index (Phi) is 3.33. The zero-order valence-electron chi connectivity index (χ0n) is 9.90. The number of benzene rings is 2. The normalized spacial score (nSPS) is 10.6. The predicted molar refractivity (Wildman–Crippen MR) is 65.1 cm³/mol. The van der Waals surface area contributed by atoms with Gasteiger partial charge in [-0.1, -0.05) is 0 Å². The third-order valence-electron chi connectivity index (χ3n) is 2.62. The summed E-state index contributed by atoms with van der Waals surface area (Å²) in [5.74, 6) is -5.88. The van der Waals surface area contributed by atoms with E-state index in [0.29, 0.717) is 16.9 Å². The lowest BCUT2D eigenvalue weighted by Gasteiger charge is -2.12. The van der Waals surface area contributed by atoms with Crippen molar-refractivity contribution in [2.24, 2.45) is 0 Å². The summed E-state index contributed by atoms with van der Waals surface area (Å²) in [4.78, 5) is 0. The Bertz CT molecular complexity index is 615. The second-order valence-corrected chi connectivity index (χ2v) is 4.04. The van der Waals surface area contributed by atoms with Gasteiger partial charge in [-0.15, -0.1) is 0 Å². The first-order valence-electron chi connectivity index (χ1n) is 5.36. The van der Waals surface area contributed by atoms with E-state index in [1.165, 1.54) is 12.1 Å². The Morgan fingerprint density at radius 2 is 1.53 bits per heavy atom. The molecule has 0 aliphatic rings. The van der Waals surface area contributed by atoms with E-state index < -0.39 is 29.0 Å². The van der Waals surface area contributed by atoms with Crippen LogP contribution in [0.25, 0.3) is 0 Å². The number of nitrogens with two attached hydrogens (primary N) is 1. The van der Waals surface area contributed by atoms with Crippen LogP contribution < -0.4 is 11.1 Å². The molecule has 2 aromatic rings. The number of nitrogen functional groups attached to an aromatic ring is 1. The van der Waals surface area contributed by atoms with Crippen LogP contribution in [-0.4, -0.2) is 0 Å². The lowest BCUT2D eigenvalue weighted by molar-refractivity contribution is 0.459. The van der Waals surface area contributed by atoms with Crippen LogP contribution in [0.15, 0.2) is 24.3 Å². The van der Waals surface area contributed by atoms with E-state index in [4.69, 9.17) is 5.73 Å². The summed E-state index contributed by atoms with van der Waals surface area (Å²) in [5, 5.41) is 2.33. The predicted octanol–water partition coefficient (Wildman–Crippen LogP) is 3.88. The number of hydrogen-bond acceptors (Lipinski definition) is 2. The maximum absolute atomic E-state index is 13.5. The summed E-state index contributed by atoms with van der Waals surface area (Å²) >= 11 is 0. The first-order chi connectivity index (χ1) is 8.90. The molecule has 0 unspecified atom stereocenters. The molecule has 100 valence electrons. The highest BCUT2D eigenvalue weighted by atomic mass is 19.2. The first-order valence-corrected chi connectivity index (χ1v) is 5.36. The van der Waals surface area contributed by atoms with Crippen molar-refractivity contribution >= 4 is 17.1 Å². The molecule has 19 heavy (non-hydrogen) atoms. The van der Waals surface area contributed by atoms with Gasteiger partial charge in [0.1, 0.15) is 5.69 Å². The lowest BCUT2D eigenvalue weighted by atomic mass is 10.1. The van der Waals surface area contributed by atoms with Crippen molar-refractivity contribution in [2.75, 3.05) is 11.1 Å². The molecular formula is C13H10F4N2. The molecule has 0 saturated carbocycles. The molecule has 0 aromatic heterocycles. The molecule has 3 N–H and O–H groups in total. The molecule has 0 spiro atoms. The van der Waals surface area contributed by atoms with Crippen LogP contribution in [-0.2, 0) is 0 Å². The van der Waals surface area contributed by atoms with Gasteiger partial charge in [0.2, 0.25) is 0 Å². The van der Waals surface area contributed by atoms with Crippen molar-refractivity contribution in [3.8, 4) is 0 Å². The SMILES string of the molecule is Cc1cc(N)ccc1Nc1c(F)c(F)cc(F)c1F. The zero-order valence-corrected chi connectivity index (χ0v) is 9.90. The van der Waals surface area contributed by atoms with E-state index >= 15 is 0 Å². The average molecular weight is 270 g/mol. The van der Waals surface area contributed by atoms with E-state index in [9.17, 15) is 17.6 Å². The molecule has 6 heteroatoms. The standard InChI is InChI=1S/C13H10F4N2/c1-6-4-7(18)2-3-10(6)19-13-11(16)8(14)5-9(15)12(13)17/h2-5,19H,18H2,1H3. The third kappa shape index (κ3) is 2.47. The van der Waals surface area contributed by atoms with E-state index in [2.05, 4.69) is 5.32 Å². The number of anilines is 3. The number of aryl methyl sites for hydroxylation is 1. The fourth-order valence-electron chi connectivity index (χ4n) is 1.64. The van der Waals surface area contributed by atoms with Crippen LogP contribution >= 0.6 is 0 Å². The van der Waals surface area contributed by atoms with Crippen LogP contribution in [0, 0.1) is 30.2 Å². The van der Waals surface area contributed by atoms with Gasteiger partial charge in [-0.2, -0.15) is 0 Å². The molecule has 0 radical (unpaired) electrons. The Morgan fingerprint density at radius 1 is 0.947 bits per heavy atom. The molecule has 0 atom stereocenters. The topological polar surface area (TPSA) is 38.0 Å². The number of rotatable bonds is 2. The fourth-order valence-corrected chi connectivity index (χ4v) is 1.64. The molecule has 0 bridgehead atoms. The van der Waals surface area contributed by atoms with Crippen LogP contribution in [0.5, 0.6) is 0 Å². The summed E-state index contributed by atoms with van der Waals surface area (Å²) in [6, 6.07) is 4.69. The zero-order chi connectivity index (χ0) is 14.2. The molecule has 2 rings (SSSR count). The van der Waals surface area contributed by atoms with Crippen LogP contribution in [0.4, 0.5) is 34.6 Å². The Labute approximate surface area is 106 Å². The quantitative estimate of drug-likeness (QED) is 0.494. The minimum atomic E-state index is -1.48. The largest absolute Gasteiger partial charge is 0.399 e. The highest BCUT2D eigenvalue weighted by Gasteiger charge is 2.19. The van der Waals surface area contributed by atoms with Crippen LogP contribution in [0.3, 0.4) is 0 Å². The second kappa shape index (κ2) is 4.79. The third-order valence-corrected chi connectivity index (χ3v) is 2.62. The molecule has 0 aliphatic carbocycles. The molecule has 0 aliphatic heterocycles. The van der Waals surface area contributed by atoms with Gasteiger partial charge in [-0.3, -0.25) is 0 Å². The summed E-state index contributed by atoms with van der Waals surface area (Å²) in [6.07, 6.45) is 0. The summed E-state index contributed by atoms with van der Waals surface area (Å²) in [5.41, 5.74) is 6.02. The summed E-state index contributed by atoms with van der Waals surface area (Å²) < 4.78 is 53.0. The molecule has 0 amide bonds. The molecule has 0 saturated heterocycles. The lowest BCUT2D eigenvalue weighted by Crippen LogP contribution is -2.04. The van der Waals surface area contributed by atoms with E-state index in [0.717, 1.165) is 0 Å². The summed E-state index contributed by atoms with van der Waals surface area (Å²) in [7, 11) is 0. The number of hydrogen-bond donors (Lipinski definition) is 2. The van der Waals surface area contributed by atoms with Crippen LogP contribution in [0.2, 0.25) is 0 Å². The molecular weight excluding hydrogens is 260 g/mol. The highest BCUT2D eigenvalue weighted by molar-refractivity contribution is 5.66. The van der Waals surface area contributed by atoms with Crippen molar-refractivity contribution in [1.29, 1.82) is 0 Å². The Hall–Kier alpha value is -2.24. The van der Waals surface area contributed by atoms with Crippen molar-refractivity contribution in [3.63, 3.8) is 0 Å². The van der Waals surface area contributed by atoms with Gasteiger partial charge in [0.25, 0.3) is 0 Å². The van der Waals surface area contributed by atoms with Gasteiger partial charge >= 0.3 is 0 Å². The monoisotopic (exact) mass is 270 g/mol. The molecule has 0 heterocycles. The molecule has 2 nitrogen and oxygen atoms in total. The summed E-state index contributed by atoms with van der Waals surface area (Å²) in [6.45, 7) is 1.64. The van der Waals surface area contributed by atoms with Crippen molar-refractivity contribution < 1.29 is 17.6 Å².